The molecule has 32 heavy (non-hydrogen) atoms. The van der Waals surface area contributed by atoms with Gasteiger partial charge in [-0.3, -0.25) is 9.78 Å². The van der Waals surface area contributed by atoms with E-state index >= 15 is 0 Å². The molecule has 0 fully saturated rings. The van der Waals surface area contributed by atoms with Crippen molar-refractivity contribution in [1.82, 2.24) is 25.3 Å². The zero-order valence-corrected chi connectivity index (χ0v) is 17.1. The summed E-state index contributed by atoms with van der Waals surface area (Å²) in [4.78, 5) is 17.0. The van der Waals surface area contributed by atoms with Crippen LogP contribution in [0.3, 0.4) is 0 Å². The van der Waals surface area contributed by atoms with Gasteiger partial charge in [-0.15, -0.1) is 5.10 Å². The second kappa shape index (κ2) is 8.80. The second-order valence-electron chi connectivity index (χ2n) is 6.77. The van der Waals surface area contributed by atoms with Gasteiger partial charge in [0.1, 0.15) is 5.69 Å². The largest absolute Gasteiger partial charge is 0.416 e. The van der Waals surface area contributed by atoms with Crippen LogP contribution in [0.5, 0.6) is 0 Å². The first kappa shape index (κ1) is 21.5. The molecular weight excluding hydrogens is 443 g/mol. The summed E-state index contributed by atoms with van der Waals surface area (Å²) in [5.41, 5.74) is 0.941. The van der Waals surface area contributed by atoms with Crippen LogP contribution in [0.2, 0.25) is 5.02 Å². The SMILES string of the molecule is O=C(NCc1cccc(C(F)(F)F)c1)c1nnn(-c2ccccc2Cl)c1-c1cccnc1. The molecule has 0 aliphatic carbocycles. The molecule has 4 rings (SSSR count). The summed E-state index contributed by atoms with van der Waals surface area (Å²) in [6, 6.07) is 15.1. The average Bonchev–Trinajstić information content (AvgIpc) is 3.23. The van der Waals surface area contributed by atoms with Gasteiger partial charge in [-0.1, -0.05) is 41.1 Å². The molecule has 0 saturated carbocycles. The number of hydrogen-bond donors (Lipinski definition) is 1. The standard InChI is InChI=1S/C22H15ClF3N5O/c23-17-8-1-2-9-18(17)31-20(15-6-4-10-27-13-15)19(29-30-31)21(32)28-12-14-5-3-7-16(11-14)22(24,25)26/h1-11,13H,12H2,(H,28,32). The first-order valence-corrected chi connectivity index (χ1v) is 9.78. The minimum absolute atomic E-state index is 0.00936. The van der Waals surface area contributed by atoms with E-state index in [0.29, 0.717) is 27.5 Å². The normalized spacial score (nSPS) is 11.4. The number of aromatic nitrogens is 4. The molecule has 162 valence electrons. The van der Waals surface area contributed by atoms with Gasteiger partial charge < -0.3 is 5.32 Å². The van der Waals surface area contributed by atoms with E-state index in [0.717, 1.165) is 12.1 Å². The van der Waals surface area contributed by atoms with Crippen LogP contribution in [-0.4, -0.2) is 25.9 Å². The molecule has 0 bridgehead atoms. The van der Waals surface area contributed by atoms with Crippen LogP contribution in [0, 0.1) is 0 Å². The summed E-state index contributed by atoms with van der Waals surface area (Å²) >= 11 is 6.30. The van der Waals surface area contributed by atoms with Gasteiger partial charge in [0.25, 0.3) is 5.91 Å². The van der Waals surface area contributed by atoms with Gasteiger partial charge in [0.05, 0.1) is 16.3 Å². The quantitative estimate of drug-likeness (QED) is 0.461. The molecule has 1 N–H and O–H groups in total. The highest BCUT2D eigenvalue weighted by atomic mass is 35.5. The van der Waals surface area contributed by atoms with Crippen LogP contribution in [0.15, 0.2) is 73.1 Å². The van der Waals surface area contributed by atoms with E-state index in [-0.39, 0.29) is 12.2 Å². The van der Waals surface area contributed by atoms with E-state index in [9.17, 15) is 18.0 Å². The summed E-state index contributed by atoms with van der Waals surface area (Å²) in [6.07, 6.45) is -1.33. The second-order valence-corrected chi connectivity index (χ2v) is 7.18. The lowest BCUT2D eigenvalue weighted by Crippen LogP contribution is -2.24. The maximum Gasteiger partial charge on any atom is 0.416 e. The molecule has 0 saturated heterocycles. The van der Waals surface area contributed by atoms with Crippen molar-refractivity contribution < 1.29 is 18.0 Å². The number of nitrogens with zero attached hydrogens (tertiary/aromatic N) is 4. The van der Waals surface area contributed by atoms with Gasteiger partial charge >= 0.3 is 6.18 Å². The third kappa shape index (κ3) is 4.47. The maximum atomic E-state index is 12.9. The molecule has 0 unspecified atom stereocenters. The Morgan fingerprint density at radius 1 is 1.06 bits per heavy atom. The van der Waals surface area contributed by atoms with Gasteiger partial charge in [0, 0.05) is 24.5 Å². The van der Waals surface area contributed by atoms with Crippen LogP contribution in [0.4, 0.5) is 13.2 Å². The van der Waals surface area contributed by atoms with Crippen molar-refractivity contribution >= 4 is 17.5 Å². The third-order valence-corrected chi connectivity index (χ3v) is 4.93. The van der Waals surface area contributed by atoms with Crippen LogP contribution in [0.25, 0.3) is 16.9 Å². The number of para-hydroxylation sites is 1. The first-order valence-electron chi connectivity index (χ1n) is 9.40. The van der Waals surface area contributed by atoms with Crippen LogP contribution in [0.1, 0.15) is 21.6 Å². The molecule has 0 spiro atoms. The average molecular weight is 458 g/mol. The van der Waals surface area contributed by atoms with Gasteiger partial charge in [-0.2, -0.15) is 13.2 Å². The fourth-order valence-electron chi connectivity index (χ4n) is 3.11. The molecule has 2 heterocycles. The highest BCUT2D eigenvalue weighted by molar-refractivity contribution is 6.32. The number of benzene rings is 2. The smallest absolute Gasteiger partial charge is 0.346 e. The Kier molecular flexibility index (Phi) is 5.91. The Labute approximate surface area is 185 Å². The Hall–Kier alpha value is -3.72. The number of alkyl halides is 3. The fourth-order valence-corrected chi connectivity index (χ4v) is 3.33. The van der Waals surface area contributed by atoms with Crippen molar-refractivity contribution in [2.45, 2.75) is 12.7 Å². The highest BCUT2D eigenvalue weighted by Crippen LogP contribution is 2.30. The Bertz CT molecular complexity index is 1260. The van der Waals surface area contributed by atoms with E-state index in [1.807, 2.05) is 0 Å². The molecule has 0 aliphatic rings. The molecule has 1 amide bonds. The van der Waals surface area contributed by atoms with Crippen molar-refractivity contribution in [2.75, 3.05) is 0 Å². The van der Waals surface area contributed by atoms with E-state index < -0.39 is 17.6 Å². The molecule has 0 atom stereocenters. The lowest BCUT2D eigenvalue weighted by atomic mass is 10.1. The number of nitrogens with one attached hydrogen (secondary N) is 1. The summed E-state index contributed by atoms with van der Waals surface area (Å²) in [5.74, 6) is -0.598. The summed E-state index contributed by atoms with van der Waals surface area (Å²) in [7, 11) is 0. The van der Waals surface area contributed by atoms with Crippen LogP contribution in [-0.2, 0) is 12.7 Å². The molecule has 4 aromatic rings. The van der Waals surface area contributed by atoms with Gasteiger partial charge in [-0.05, 0) is 42.0 Å². The first-order chi connectivity index (χ1) is 15.3. The van der Waals surface area contributed by atoms with E-state index in [1.165, 1.54) is 16.8 Å². The van der Waals surface area contributed by atoms with Crippen molar-refractivity contribution in [2.24, 2.45) is 0 Å². The van der Waals surface area contributed by atoms with Gasteiger partial charge in [-0.25, -0.2) is 4.68 Å². The molecular formula is C22H15ClF3N5O. The number of carbonyl (C=O) groups excluding carboxylic acids is 1. The predicted molar refractivity (Wildman–Crippen MR) is 112 cm³/mol. The van der Waals surface area contributed by atoms with Crippen LogP contribution < -0.4 is 5.32 Å². The monoisotopic (exact) mass is 457 g/mol. The zero-order chi connectivity index (χ0) is 22.7. The molecule has 0 aliphatic heterocycles. The molecule has 2 aromatic carbocycles. The van der Waals surface area contributed by atoms with E-state index in [4.69, 9.17) is 11.6 Å². The zero-order valence-electron chi connectivity index (χ0n) is 16.3. The van der Waals surface area contributed by atoms with Gasteiger partial charge in [0.15, 0.2) is 5.69 Å². The molecule has 6 nitrogen and oxygen atoms in total. The highest BCUT2D eigenvalue weighted by Gasteiger charge is 2.30. The van der Waals surface area contributed by atoms with Crippen molar-refractivity contribution in [1.29, 1.82) is 0 Å². The number of pyridine rings is 1. The van der Waals surface area contributed by atoms with Gasteiger partial charge in [0.2, 0.25) is 0 Å². The Balaban J connectivity index is 1.67. The number of hydrogen-bond acceptors (Lipinski definition) is 4. The number of carbonyl (C=O) groups is 1. The predicted octanol–water partition coefficient (Wildman–Crippen LogP) is 4.93. The number of amides is 1. The number of rotatable bonds is 5. The summed E-state index contributed by atoms with van der Waals surface area (Å²) in [5, 5.41) is 11.1. The lowest BCUT2D eigenvalue weighted by molar-refractivity contribution is -0.137. The molecule has 0 radical (unpaired) electrons. The van der Waals surface area contributed by atoms with Crippen LogP contribution >= 0.6 is 11.6 Å². The summed E-state index contributed by atoms with van der Waals surface area (Å²) < 4.78 is 40.3. The maximum absolute atomic E-state index is 12.9. The number of halogens is 4. The summed E-state index contributed by atoms with van der Waals surface area (Å²) in [6.45, 7) is -0.117. The fraction of sp³-hybridized carbons (Fsp3) is 0.0909. The molecule has 10 heteroatoms. The Morgan fingerprint density at radius 2 is 1.88 bits per heavy atom. The minimum atomic E-state index is -4.47. The lowest BCUT2D eigenvalue weighted by Gasteiger charge is -2.11. The van der Waals surface area contributed by atoms with Crippen molar-refractivity contribution in [3.63, 3.8) is 0 Å². The van der Waals surface area contributed by atoms with Crippen molar-refractivity contribution in [3.05, 3.63) is 94.9 Å². The van der Waals surface area contributed by atoms with Crippen molar-refractivity contribution in [3.8, 4) is 16.9 Å². The van der Waals surface area contributed by atoms with E-state index in [1.54, 1.807) is 48.8 Å². The molecule has 2 aromatic heterocycles. The third-order valence-electron chi connectivity index (χ3n) is 4.61. The van der Waals surface area contributed by atoms with E-state index in [2.05, 4.69) is 20.6 Å². The minimum Gasteiger partial charge on any atom is -0.346 e. The Morgan fingerprint density at radius 3 is 2.59 bits per heavy atom. The topological polar surface area (TPSA) is 72.7 Å².